The van der Waals surface area contributed by atoms with Crippen molar-refractivity contribution in [3.63, 3.8) is 0 Å². The predicted octanol–water partition coefficient (Wildman–Crippen LogP) is 14.4. The van der Waals surface area contributed by atoms with Crippen LogP contribution in [0.2, 0.25) is 0 Å². The van der Waals surface area contributed by atoms with E-state index >= 15 is 0 Å². The molecule has 0 amide bonds. The Kier molecular flexibility index (Phi) is 8.78. The summed E-state index contributed by atoms with van der Waals surface area (Å²) in [6, 6.07) is 71.1. The molecule has 0 spiro atoms. The molecule has 8 aromatic carbocycles. The number of rotatable bonds is 7. The molecule has 298 valence electrons. The quantitative estimate of drug-likeness (QED) is 0.161. The molecule has 0 unspecified atom stereocenters. The maximum absolute atomic E-state index is 5.01. The molecular weight excluding hydrogens is 767 g/mol. The van der Waals surface area contributed by atoms with E-state index in [2.05, 4.69) is 162 Å². The summed E-state index contributed by atoms with van der Waals surface area (Å²) in [5, 5.41) is 3.74. The van der Waals surface area contributed by atoms with Crippen LogP contribution in [0.1, 0.15) is 28.8 Å². The molecule has 0 atom stereocenters. The summed E-state index contributed by atoms with van der Waals surface area (Å²) in [6.45, 7) is 2.21. The Hall–Kier alpha value is -8.15. The second kappa shape index (κ2) is 15.1. The number of benzene rings is 8. The first-order valence-electron chi connectivity index (χ1n) is 21.7. The van der Waals surface area contributed by atoms with E-state index in [1.807, 2.05) is 60.7 Å². The molecule has 0 N–H and O–H groups in total. The zero-order chi connectivity index (χ0) is 41.9. The van der Waals surface area contributed by atoms with Gasteiger partial charge in [-0.25, -0.2) is 15.0 Å². The van der Waals surface area contributed by atoms with Gasteiger partial charge in [-0.2, -0.15) is 0 Å². The van der Waals surface area contributed by atoms with Crippen LogP contribution >= 0.6 is 0 Å². The Morgan fingerprint density at radius 3 is 1.63 bits per heavy atom. The van der Waals surface area contributed by atoms with Gasteiger partial charge in [-0.1, -0.05) is 152 Å². The van der Waals surface area contributed by atoms with Gasteiger partial charge in [-0.3, -0.25) is 0 Å². The molecule has 1 aliphatic carbocycles. The summed E-state index contributed by atoms with van der Waals surface area (Å²) in [5.74, 6) is 1.95. The molecule has 0 fully saturated rings. The first-order valence-corrected chi connectivity index (χ1v) is 21.7. The molecule has 0 saturated carbocycles. The van der Waals surface area contributed by atoms with Crippen LogP contribution in [0.5, 0.6) is 0 Å². The second-order valence-corrected chi connectivity index (χ2v) is 16.4. The molecule has 12 rings (SSSR count). The smallest absolute Gasteiger partial charge is 0.164 e. The van der Waals surface area contributed by atoms with E-state index in [1.54, 1.807) is 0 Å². The van der Waals surface area contributed by atoms with Crippen LogP contribution < -0.4 is 0 Å². The maximum Gasteiger partial charge on any atom is 0.164 e. The normalized spacial score (nSPS) is 12.5. The minimum Gasteiger partial charge on any atom is -0.313 e. The minimum absolute atomic E-state index is 0.643. The summed E-state index contributed by atoms with van der Waals surface area (Å²) in [4.78, 5) is 14.9. The topological polar surface area (TPSA) is 48.5 Å². The summed E-state index contributed by atoms with van der Waals surface area (Å²) in [5.41, 5.74) is 17.8. The highest BCUT2D eigenvalue weighted by Crippen LogP contribution is 2.40. The number of nitrogens with zero attached hydrogens (tertiary/aromatic N) is 5. The number of hydrogen-bond donors (Lipinski definition) is 0. The summed E-state index contributed by atoms with van der Waals surface area (Å²) in [6.07, 6.45) is 4.42. The number of fused-ring (bicyclic) bond motifs is 6. The third-order valence-electron chi connectivity index (χ3n) is 12.6. The lowest BCUT2D eigenvalue weighted by molar-refractivity contribution is 0.894. The molecule has 63 heavy (non-hydrogen) atoms. The SMILES string of the molecule is Cc1ccccc1-n1c2c(c3ccccc31)C=C(c1ccc(-n3c4ccccc4c4cc(-c5cccc(-c6nc(-c7ccccc7)nc(-c7ccccc7)n6)c5)ccc43)cc1)CC2. The summed E-state index contributed by atoms with van der Waals surface area (Å²) >= 11 is 0. The zero-order valence-corrected chi connectivity index (χ0v) is 34.8. The molecule has 5 nitrogen and oxygen atoms in total. The van der Waals surface area contributed by atoms with Crippen molar-refractivity contribution in [1.82, 2.24) is 24.1 Å². The lowest BCUT2D eigenvalue weighted by Gasteiger charge is -2.19. The standard InChI is InChI=1S/C58H41N5/c1-38-15-8-11-24-51(38)63-53-26-13-10-23-48(53)50-36-43(29-34-55(50)63)39-27-31-46(32-28-39)62-52-25-12-9-22-47(52)49-37-44(30-33-54(49)62)42-20-14-21-45(35-42)58-60-56(40-16-4-2-5-17-40)59-57(61-58)41-18-6-3-7-19-41/h2-28,30-33,35-37H,29,34H2,1H3. The highest BCUT2D eigenvalue weighted by Gasteiger charge is 2.23. The number of hydrogen-bond acceptors (Lipinski definition) is 3. The Morgan fingerprint density at radius 2 is 0.921 bits per heavy atom. The van der Waals surface area contributed by atoms with E-state index in [9.17, 15) is 0 Å². The van der Waals surface area contributed by atoms with Crippen LogP contribution in [0, 0.1) is 6.92 Å². The molecule has 1 aliphatic rings. The van der Waals surface area contributed by atoms with E-state index in [0.29, 0.717) is 17.5 Å². The average molecular weight is 808 g/mol. The van der Waals surface area contributed by atoms with E-state index in [1.165, 1.54) is 66.4 Å². The number of aryl methyl sites for hydroxylation is 1. The van der Waals surface area contributed by atoms with Crippen LogP contribution in [-0.2, 0) is 6.42 Å². The van der Waals surface area contributed by atoms with Crippen molar-refractivity contribution >= 4 is 44.4 Å². The van der Waals surface area contributed by atoms with E-state index in [4.69, 9.17) is 15.0 Å². The Labute approximate surface area is 366 Å². The van der Waals surface area contributed by atoms with E-state index in [0.717, 1.165) is 46.3 Å². The van der Waals surface area contributed by atoms with Gasteiger partial charge in [0.1, 0.15) is 0 Å². The van der Waals surface area contributed by atoms with Crippen molar-refractivity contribution in [2.75, 3.05) is 0 Å². The molecule has 3 aromatic heterocycles. The largest absolute Gasteiger partial charge is 0.313 e. The summed E-state index contributed by atoms with van der Waals surface area (Å²) in [7, 11) is 0. The van der Waals surface area contributed by atoms with Crippen LogP contribution in [0.3, 0.4) is 0 Å². The van der Waals surface area contributed by atoms with Gasteiger partial charge in [0.25, 0.3) is 0 Å². The highest BCUT2D eigenvalue weighted by atomic mass is 15.0. The monoisotopic (exact) mass is 807 g/mol. The van der Waals surface area contributed by atoms with Crippen LogP contribution in [0.4, 0.5) is 0 Å². The van der Waals surface area contributed by atoms with Gasteiger partial charge < -0.3 is 9.13 Å². The zero-order valence-electron chi connectivity index (χ0n) is 34.8. The third-order valence-corrected chi connectivity index (χ3v) is 12.6. The van der Waals surface area contributed by atoms with Gasteiger partial charge in [-0.15, -0.1) is 0 Å². The first kappa shape index (κ1) is 36.7. The molecule has 0 radical (unpaired) electrons. The predicted molar refractivity (Wildman–Crippen MR) is 260 cm³/mol. The molecule has 3 heterocycles. The fourth-order valence-corrected chi connectivity index (χ4v) is 9.57. The molecule has 0 aliphatic heterocycles. The van der Waals surface area contributed by atoms with Gasteiger partial charge >= 0.3 is 0 Å². The van der Waals surface area contributed by atoms with Gasteiger partial charge in [0.2, 0.25) is 0 Å². The molecule has 0 bridgehead atoms. The van der Waals surface area contributed by atoms with Crippen LogP contribution in [0.15, 0.2) is 200 Å². The Morgan fingerprint density at radius 1 is 0.381 bits per heavy atom. The fraction of sp³-hybridized carbons (Fsp3) is 0.0517. The fourth-order valence-electron chi connectivity index (χ4n) is 9.57. The minimum atomic E-state index is 0.643. The van der Waals surface area contributed by atoms with Crippen molar-refractivity contribution in [2.24, 2.45) is 0 Å². The average Bonchev–Trinajstić information content (AvgIpc) is 3.87. The van der Waals surface area contributed by atoms with Crippen molar-refractivity contribution in [3.05, 3.63) is 223 Å². The number of aromatic nitrogens is 5. The van der Waals surface area contributed by atoms with Crippen molar-refractivity contribution < 1.29 is 0 Å². The first-order chi connectivity index (χ1) is 31.1. The van der Waals surface area contributed by atoms with Gasteiger partial charge in [0, 0.05) is 55.5 Å². The van der Waals surface area contributed by atoms with Crippen molar-refractivity contribution in [3.8, 4) is 56.7 Å². The second-order valence-electron chi connectivity index (χ2n) is 16.4. The molecule has 11 aromatic rings. The van der Waals surface area contributed by atoms with Crippen molar-refractivity contribution in [2.45, 2.75) is 19.8 Å². The van der Waals surface area contributed by atoms with Crippen LogP contribution in [-0.4, -0.2) is 24.1 Å². The highest BCUT2D eigenvalue weighted by molar-refractivity contribution is 6.10. The van der Waals surface area contributed by atoms with Gasteiger partial charge in [-0.05, 0) is 102 Å². The van der Waals surface area contributed by atoms with Gasteiger partial charge in [0.15, 0.2) is 17.5 Å². The van der Waals surface area contributed by atoms with Gasteiger partial charge in [0.05, 0.1) is 16.6 Å². The molecular formula is C58H41N5. The summed E-state index contributed by atoms with van der Waals surface area (Å²) < 4.78 is 4.89. The Bertz CT molecular complexity index is 3500. The van der Waals surface area contributed by atoms with Crippen LogP contribution in [0.25, 0.3) is 101 Å². The third kappa shape index (κ3) is 6.36. The van der Waals surface area contributed by atoms with E-state index in [-0.39, 0.29) is 0 Å². The maximum atomic E-state index is 5.01. The lowest BCUT2D eigenvalue weighted by Crippen LogP contribution is -2.06. The number of allylic oxidation sites excluding steroid dienone is 1. The molecule has 0 saturated heterocycles. The lowest BCUT2D eigenvalue weighted by atomic mass is 9.91. The number of para-hydroxylation sites is 3. The van der Waals surface area contributed by atoms with E-state index < -0.39 is 0 Å². The Balaban J connectivity index is 0.905. The molecule has 5 heteroatoms. The van der Waals surface area contributed by atoms with Crippen molar-refractivity contribution in [1.29, 1.82) is 0 Å².